The maximum atomic E-state index is 13.4. The highest BCUT2D eigenvalue weighted by Crippen LogP contribution is 2.30. The highest BCUT2D eigenvalue weighted by molar-refractivity contribution is 7.99. The third-order valence-electron chi connectivity index (χ3n) is 2.35. The fourth-order valence-corrected chi connectivity index (χ4v) is 2.23. The van der Waals surface area contributed by atoms with E-state index in [0.717, 1.165) is 24.0 Å². The fraction of sp³-hybridized carbons (Fsp3) is 0. The minimum atomic E-state index is -0.758. The molecule has 4 nitrogen and oxygen atoms in total. The van der Waals surface area contributed by atoms with Crippen molar-refractivity contribution in [3.8, 4) is 0 Å². The Hall–Kier alpha value is -2.15. The van der Waals surface area contributed by atoms with Crippen LogP contribution in [0.5, 0.6) is 0 Å². The van der Waals surface area contributed by atoms with Crippen molar-refractivity contribution in [1.82, 2.24) is 9.97 Å². The van der Waals surface area contributed by atoms with Crippen molar-refractivity contribution in [2.45, 2.75) is 10.2 Å². The summed E-state index contributed by atoms with van der Waals surface area (Å²) in [6.07, 6.45) is 0.937. The first-order valence-corrected chi connectivity index (χ1v) is 6.08. The Morgan fingerprint density at radius 2 is 2.05 bits per heavy atom. The molecule has 0 aliphatic rings. The zero-order valence-electron chi connectivity index (χ0n) is 9.43. The van der Waals surface area contributed by atoms with Gasteiger partial charge in [-0.3, -0.25) is 0 Å². The number of halogens is 2. The molecule has 0 aliphatic heterocycles. The molecule has 2 N–H and O–H groups in total. The summed E-state index contributed by atoms with van der Waals surface area (Å²) in [5.41, 5.74) is 7.30. The summed E-state index contributed by atoms with van der Waals surface area (Å²) in [5, 5.41) is 0.222. The van der Waals surface area contributed by atoms with Gasteiger partial charge < -0.3 is 10.2 Å². The highest BCUT2D eigenvalue weighted by Gasteiger charge is 2.12. The molecule has 0 aliphatic carbocycles. The fourth-order valence-electron chi connectivity index (χ4n) is 1.53. The SMILES string of the molecule is Nc1ccc2oc(Sc3ncc(F)cc3F)nc2c1. The first-order chi connectivity index (χ1) is 9.11. The highest BCUT2D eigenvalue weighted by atomic mass is 32.2. The average molecular weight is 279 g/mol. The summed E-state index contributed by atoms with van der Waals surface area (Å²) < 4.78 is 31.6. The zero-order valence-corrected chi connectivity index (χ0v) is 10.2. The van der Waals surface area contributed by atoms with Crippen LogP contribution in [0.2, 0.25) is 0 Å². The van der Waals surface area contributed by atoms with E-state index in [2.05, 4.69) is 9.97 Å². The Labute approximate surface area is 110 Å². The van der Waals surface area contributed by atoms with Crippen LogP contribution in [0.15, 0.2) is 45.1 Å². The summed E-state index contributed by atoms with van der Waals surface area (Å²) in [5.74, 6) is -1.49. The molecule has 7 heteroatoms. The molecule has 0 amide bonds. The van der Waals surface area contributed by atoms with Gasteiger partial charge in [-0.05, 0) is 30.0 Å². The normalized spacial score (nSPS) is 11.1. The van der Waals surface area contributed by atoms with Crippen molar-refractivity contribution in [3.05, 3.63) is 42.1 Å². The number of pyridine rings is 1. The number of benzene rings is 1. The van der Waals surface area contributed by atoms with Crippen LogP contribution in [-0.2, 0) is 0 Å². The Morgan fingerprint density at radius 3 is 2.84 bits per heavy atom. The van der Waals surface area contributed by atoms with Crippen LogP contribution >= 0.6 is 11.8 Å². The number of nitrogens with two attached hydrogens (primary N) is 1. The Balaban J connectivity index is 1.96. The van der Waals surface area contributed by atoms with E-state index >= 15 is 0 Å². The molecule has 0 saturated heterocycles. The number of hydrogen-bond donors (Lipinski definition) is 1. The van der Waals surface area contributed by atoms with Gasteiger partial charge in [-0.25, -0.2) is 18.7 Å². The molecule has 19 heavy (non-hydrogen) atoms. The van der Waals surface area contributed by atoms with Gasteiger partial charge in [0.1, 0.15) is 16.4 Å². The van der Waals surface area contributed by atoms with E-state index in [9.17, 15) is 8.78 Å². The van der Waals surface area contributed by atoms with Gasteiger partial charge in [-0.2, -0.15) is 0 Å². The van der Waals surface area contributed by atoms with Gasteiger partial charge in [0.2, 0.25) is 0 Å². The number of rotatable bonds is 2. The molecular formula is C12H7F2N3OS. The molecule has 96 valence electrons. The monoisotopic (exact) mass is 279 g/mol. The average Bonchev–Trinajstić information content (AvgIpc) is 2.74. The molecule has 0 spiro atoms. The lowest BCUT2D eigenvalue weighted by molar-refractivity contribution is 0.486. The Kier molecular flexibility index (Phi) is 2.83. The second-order valence-electron chi connectivity index (χ2n) is 3.75. The van der Waals surface area contributed by atoms with E-state index in [1.807, 2.05) is 0 Å². The van der Waals surface area contributed by atoms with Crippen LogP contribution in [0.4, 0.5) is 14.5 Å². The number of nitrogen functional groups attached to an aromatic ring is 1. The van der Waals surface area contributed by atoms with E-state index in [-0.39, 0.29) is 10.2 Å². The predicted octanol–water partition coefficient (Wildman–Crippen LogP) is 3.23. The van der Waals surface area contributed by atoms with E-state index in [4.69, 9.17) is 10.2 Å². The number of hydrogen-bond acceptors (Lipinski definition) is 5. The lowest BCUT2D eigenvalue weighted by atomic mass is 10.3. The lowest BCUT2D eigenvalue weighted by Crippen LogP contribution is -1.88. The smallest absolute Gasteiger partial charge is 0.263 e. The van der Waals surface area contributed by atoms with Gasteiger partial charge >= 0.3 is 0 Å². The Morgan fingerprint density at radius 1 is 1.21 bits per heavy atom. The van der Waals surface area contributed by atoms with Gasteiger partial charge in [0, 0.05) is 11.8 Å². The van der Waals surface area contributed by atoms with Crippen molar-refractivity contribution in [3.63, 3.8) is 0 Å². The number of nitrogens with zero attached hydrogens (tertiary/aromatic N) is 2. The standard InChI is InChI=1S/C12H7F2N3OS/c13-6-3-8(14)11(16-5-6)19-12-17-9-4-7(15)1-2-10(9)18-12/h1-5H,15H2. The van der Waals surface area contributed by atoms with E-state index in [0.29, 0.717) is 16.8 Å². The first-order valence-electron chi connectivity index (χ1n) is 5.27. The van der Waals surface area contributed by atoms with Crippen LogP contribution in [0, 0.1) is 11.6 Å². The molecule has 0 bridgehead atoms. The molecular weight excluding hydrogens is 272 g/mol. The third kappa shape index (κ3) is 2.37. The topological polar surface area (TPSA) is 64.9 Å². The lowest BCUT2D eigenvalue weighted by Gasteiger charge is -1.97. The van der Waals surface area contributed by atoms with Crippen LogP contribution in [0.1, 0.15) is 0 Å². The van der Waals surface area contributed by atoms with Gasteiger partial charge in [0.15, 0.2) is 11.4 Å². The summed E-state index contributed by atoms with van der Waals surface area (Å²) >= 11 is 0.883. The summed E-state index contributed by atoms with van der Waals surface area (Å²) in [6, 6.07) is 5.77. The second-order valence-corrected chi connectivity index (χ2v) is 4.69. The minimum Gasteiger partial charge on any atom is -0.431 e. The molecule has 3 rings (SSSR count). The van der Waals surface area contributed by atoms with Gasteiger partial charge in [0.05, 0.1) is 6.20 Å². The maximum absolute atomic E-state index is 13.4. The quantitative estimate of drug-likeness (QED) is 0.729. The second kappa shape index (κ2) is 4.51. The maximum Gasteiger partial charge on any atom is 0.263 e. The van der Waals surface area contributed by atoms with E-state index in [1.165, 1.54) is 0 Å². The largest absolute Gasteiger partial charge is 0.431 e. The molecule has 0 unspecified atom stereocenters. The van der Waals surface area contributed by atoms with Crippen LogP contribution in [-0.4, -0.2) is 9.97 Å². The number of anilines is 1. The number of aromatic nitrogens is 2. The van der Waals surface area contributed by atoms with Gasteiger partial charge in [0.25, 0.3) is 5.22 Å². The van der Waals surface area contributed by atoms with Crippen molar-refractivity contribution in [2.75, 3.05) is 5.73 Å². The molecule has 0 saturated carbocycles. The molecule has 2 aromatic heterocycles. The molecule has 0 fully saturated rings. The van der Waals surface area contributed by atoms with Crippen LogP contribution in [0.3, 0.4) is 0 Å². The summed E-state index contributed by atoms with van der Waals surface area (Å²) in [4.78, 5) is 7.80. The van der Waals surface area contributed by atoms with Gasteiger partial charge in [-0.1, -0.05) is 0 Å². The molecule has 2 heterocycles. The van der Waals surface area contributed by atoms with Crippen molar-refractivity contribution in [1.29, 1.82) is 0 Å². The number of oxazole rings is 1. The summed E-state index contributed by atoms with van der Waals surface area (Å²) in [7, 11) is 0. The third-order valence-corrected chi connectivity index (χ3v) is 3.19. The van der Waals surface area contributed by atoms with Crippen molar-refractivity contribution >= 4 is 28.5 Å². The van der Waals surface area contributed by atoms with E-state index < -0.39 is 11.6 Å². The van der Waals surface area contributed by atoms with Gasteiger partial charge in [-0.15, -0.1) is 0 Å². The summed E-state index contributed by atoms with van der Waals surface area (Å²) in [6.45, 7) is 0. The predicted molar refractivity (Wildman–Crippen MR) is 66.7 cm³/mol. The minimum absolute atomic E-state index is 0.000859. The van der Waals surface area contributed by atoms with Crippen LogP contribution in [0.25, 0.3) is 11.1 Å². The van der Waals surface area contributed by atoms with Crippen molar-refractivity contribution in [2.24, 2.45) is 0 Å². The molecule has 3 aromatic rings. The molecule has 0 radical (unpaired) electrons. The molecule has 1 aromatic carbocycles. The number of fused-ring (bicyclic) bond motifs is 1. The first kappa shape index (κ1) is 11.9. The Bertz CT molecular complexity index is 760. The van der Waals surface area contributed by atoms with Crippen LogP contribution < -0.4 is 5.73 Å². The zero-order chi connectivity index (χ0) is 13.4. The van der Waals surface area contributed by atoms with Crippen molar-refractivity contribution < 1.29 is 13.2 Å². The molecule has 0 atom stereocenters. The van der Waals surface area contributed by atoms with E-state index in [1.54, 1.807) is 18.2 Å².